The van der Waals surface area contributed by atoms with E-state index in [9.17, 15) is 18.0 Å². The Kier molecular flexibility index (Phi) is 5.36. The lowest BCUT2D eigenvalue weighted by atomic mass is 10.1. The van der Waals surface area contributed by atoms with E-state index in [0.717, 1.165) is 27.2 Å². The number of hydrogen-bond acceptors (Lipinski definition) is 8. The quantitative estimate of drug-likeness (QED) is 0.466. The summed E-state index contributed by atoms with van der Waals surface area (Å²) in [4.78, 5) is 14.8. The molecule has 2 N–H and O–H groups in total. The highest BCUT2D eigenvalue weighted by Crippen LogP contribution is 2.36. The van der Waals surface area contributed by atoms with Crippen molar-refractivity contribution in [3.63, 3.8) is 0 Å². The molecule has 0 radical (unpaired) electrons. The first-order valence-electron chi connectivity index (χ1n) is 8.22. The number of halogens is 3. The Morgan fingerprint density at radius 1 is 1.24 bits per heavy atom. The number of nitrogens with two attached hydrogens (primary N) is 1. The molecule has 3 aromatic rings. The number of rotatable bonds is 5. The molecule has 1 unspecified atom stereocenters. The van der Waals surface area contributed by atoms with E-state index in [1.807, 2.05) is 35.0 Å². The molecule has 0 spiro atoms. The van der Waals surface area contributed by atoms with Gasteiger partial charge >= 0.3 is 6.18 Å². The van der Waals surface area contributed by atoms with Crippen LogP contribution in [0.15, 0.2) is 45.3 Å². The number of nitrogens with zero attached hydrogens (tertiary/aromatic N) is 5. The van der Waals surface area contributed by atoms with Crippen molar-refractivity contribution >= 4 is 46.1 Å². The number of carbonyl (C=O) groups is 1. The van der Waals surface area contributed by atoms with E-state index in [1.54, 1.807) is 0 Å². The Morgan fingerprint density at radius 2 is 2.00 bits per heavy atom. The van der Waals surface area contributed by atoms with Gasteiger partial charge in [-0.15, -0.1) is 32.9 Å². The van der Waals surface area contributed by atoms with Crippen molar-refractivity contribution < 1.29 is 18.0 Å². The summed E-state index contributed by atoms with van der Waals surface area (Å²) in [5.41, 5.74) is 0.804. The SMILES string of the molecule is Nn1c(SCC(=O)N2N=C(c3cccs3)CC2c2cccs2)nnc1C(F)(F)F. The van der Waals surface area contributed by atoms with Crippen LogP contribution in [0.25, 0.3) is 0 Å². The smallest absolute Gasteiger partial charge is 0.335 e. The van der Waals surface area contributed by atoms with Crippen LogP contribution in [0, 0.1) is 0 Å². The van der Waals surface area contributed by atoms with E-state index >= 15 is 0 Å². The Bertz CT molecular complexity index is 1030. The average Bonchev–Trinajstić information content (AvgIpc) is 3.44. The van der Waals surface area contributed by atoms with Crippen LogP contribution in [0.3, 0.4) is 0 Å². The first-order valence-corrected chi connectivity index (χ1v) is 11.0. The van der Waals surface area contributed by atoms with Crippen molar-refractivity contribution in [2.45, 2.75) is 23.8 Å². The molecule has 4 heterocycles. The minimum atomic E-state index is -4.72. The van der Waals surface area contributed by atoms with Gasteiger partial charge in [-0.25, -0.2) is 9.69 Å². The molecule has 0 saturated carbocycles. The highest BCUT2D eigenvalue weighted by atomic mass is 32.2. The molecule has 0 aromatic carbocycles. The fourth-order valence-corrected chi connectivity index (χ4v) is 5.04. The Balaban J connectivity index is 1.52. The van der Waals surface area contributed by atoms with Crippen LogP contribution in [-0.2, 0) is 11.0 Å². The highest BCUT2D eigenvalue weighted by molar-refractivity contribution is 7.99. The van der Waals surface area contributed by atoms with Gasteiger partial charge in [-0.2, -0.15) is 18.3 Å². The van der Waals surface area contributed by atoms with Crippen molar-refractivity contribution in [3.8, 4) is 0 Å². The second-order valence-electron chi connectivity index (χ2n) is 5.96. The third-order valence-electron chi connectivity index (χ3n) is 4.09. The van der Waals surface area contributed by atoms with Gasteiger partial charge in [-0.1, -0.05) is 23.9 Å². The minimum Gasteiger partial charge on any atom is -0.335 e. The molecule has 0 bridgehead atoms. The van der Waals surface area contributed by atoms with E-state index < -0.39 is 12.0 Å². The van der Waals surface area contributed by atoms with Crippen molar-refractivity contribution in [2.75, 3.05) is 11.6 Å². The molecule has 0 fully saturated rings. The van der Waals surface area contributed by atoms with Gasteiger partial charge in [-0.05, 0) is 22.9 Å². The Morgan fingerprint density at radius 3 is 2.62 bits per heavy atom. The molecule has 13 heteroatoms. The molecule has 29 heavy (non-hydrogen) atoms. The van der Waals surface area contributed by atoms with Crippen LogP contribution in [0.5, 0.6) is 0 Å². The minimum absolute atomic E-state index is 0.170. The maximum atomic E-state index is 12.8. The topological polar surface area (TPSA) is 89.4 Å². The van der Waals surface area contributed by atoms with Crippen molar-refractivity contribution in [2.24, 2.45) is 5.10 Å². The van der Waals surface area contributed by atoms with E-state index in [1.165, 1.54) is 27.7 Å². The number of carbonyl (C=O) groups excluding carboxylic acids is 1. The summed E-state index contributed by atoms with van der Waals surface area (Å²) >= 11 is 3.84. The molecule has 1 aliphatic heterocycles. The second kappa shape index (κ2) is 7.80. The summed E-state index contributed by atoms with van der Waals surface area (Å²) in [5.74, 6) is 3.58. The number of hydrazone groups is 1. The van der Waals surface area contributed by atoms with Crippen molar-refractivity contribution in [1.82, 2.24) is 19.9 Å². The predicted octanol–water partition coefficient (Wildman–Crippen LogP) is 3.60. The molecule has 4 rings (SSSR count). The summed E-state index contributed by atoms with van der Waals surface area (Å²) in [6, 6.07) is 7.43. The lowest BCUT2D eigenvalue weighted by Crippen LogP contribution is -2.28. The molecule has 0 saturated heterocycles. The maximum absolute atomic E-state index is 12.8. The van der Waals surface area contributed by atoms with Crippen molar-refractivity contribution in [1.29, 1.82) is 0 Å². The zero-order valence-corrected chi connectivity index (χ0v) is 17.0. The van der Waals surface area contributed by atoms with Gasteiger partial charge in [0.2, 0.25) is 5.16 Å². The predicted molar refractivity (Wildman–Crippen MR) is 105 cm³/mol. The van der Waals surface area contributed by atoms with Gasteiger partial charge in [0.25, 0.3) is 11.7 Å². The number of nitrogen functional groups attached to an aromatic ring is 1. The molecule has 152 valence electrons. The molecular weight excluding hydrogens is 445 g/mol. The van der Waals surface area contributed by atoms with Gasteiger partial charge in [0.05, 0.1) is 22.4 Å². The number of hydrogen-bond donors (Lipinski definition) is 1. The lowest BCUT2D eigenvalue weighted by Gasteiger charge is -2.20. The molecule has 1 amide bonds. The summed E-state index contributed by atoms with van der Waals surface area (Å²) in [5, 5.41) is 16.0. The van der Waals surface area contributed by atoms with Crippen LogP contribution in [0.1, 0.15) is 28.0 Å². The number of thioether (sulfide) groups is 1. The number of thiophene rings is 2. The van der Waals surface area contributed by atoms with Gasteiger partial charge < -0.3 is 5.84 Å². The fraction of sp³-hybridized carbons (Fsp3) is 0.250. The van der Waals surface area contributed by atoms with Gasteiger partial charge in [0.1, 0.15) is 0 Å². The zero-order valence-electron chi connectivity index (χ0n) is 14.5. The van der Waals surface area contributed by atoms with E-state index in [4.69, 9.17) is 5.84 Å². The van der Waals surface area contributed by atoms with E-state index in [2.05, 4.69) is 15.3 Å². The number of alkyl halides is 3. The normalized spacial score (nSPS) is 17.0. The first-order chi connectivity index (χ1) is 13.8. The van der Waals surface area contributed by atoms with Crippen molar-refractivity contribution in [3.05, 3.63) is 50.6 Å². The third kappa shape index (κ3) is 4.02. The van der Waals surface area contributed by atoms with Gasteiger partial charge in [0.15, 0.2) is 0 Å². The van der Waals surface area contributed by atoms with Gasteiger partial charge in [0, 0.05) is 11.3 Å². The summed E-state index contributed by atoms with van der Waals surface area (Å²) in [6.07, 6.45) is -4.15. The lowest BCUT2D eigenvalue weighted by molar-refractivity contribution is -0.146. The van der Waals surface area contributed by atoms with E-state index in [-0.39, 0.29) is 22.9 Å². The average molecular weight is 459 g/mol. The van der Waals surface area contributed by atoms with E-state index in [0.29, 0.717) is 11.1 Å². The standard InChI is InChI=1S/C16H13F3N6OS3/c17-16(18,19)14-21-22-15(24(14)20)29-8-13(26)25-10(12-4-2-6-28-12)7-9(23-25)11-3-1-5-27-11/h1-6,10H,7-8,20H2. The van der Waals surface area contributed by atoms with Crippen LogP contribution < -0.4 is 5.84 Å². The third-order valence-corrected chi connectivity index (χ3v) is 6.91. The number of amides is 1. The molecule has 7 nitrogen and oxygen atoms in total. The summed E-state index contributed by atoms with van der Waals surface area (Å²) in [6.45, 7) is 0. The Labute approximate surface area is 175 Å². The maximum Gasteiger partial charge on any atom is 0.453 e. The fourth-order valence-electron chi connectivity index (χ4n) is 2.80. The summed E-state index contributed by atoms with van der Waals surface area (Å²) in [7, 11) is 0. The zero-order chi connectivity index (χ0) is 20.6. The van der Waals surface area contributed by atoms with Crippen LogP contribution in [0.2, 0.25) is 0 Å². The molecule has 0 aliphatic carbocycles. The van der Waals surface area contributed by atoms with Crippen LogP contribution in [-0.4, -0.2) is 37.3 Å². The molecule has 1 aliphatic rings. The van der Waals surface area contributed by atoms with Crippen LogP contribution >= 0.6 is 34.4 Å². The van der Waals surface area contributed by atoms with Gasteiger partial charge in [-0.3, -0.25) is 4.79 Å². The number of aromatic nitrogens is 3. The molecule has 3 aromatic heterocycles. The second-order valence-corrected chi connectivity index (χ2v) is 8.83. The monoisotopic (exact) mass is 458 g/mol. The highest BCUT2D eigenvalue weighted by Gasteiger charge is 2.39. The Hall–Kier alpha value is -2.38. The molecule has 1 atom stereocenters. The summed E-state index contributed by atoms with van der Waals surface area (Å²) < 4.78 is 38.7. The first kappa shape index (κ1) is 19.9. The largest absolute Gasteiger partial charge is 0.453 e. The van der Waals surface area contributed by atoms with Crippen LogP contribution in [0.4, 0.5) is 13.2 Å². The molecular formula is C16H13F3N6OS3.